The van der Waals surface area contributed by atoms with Crippen LogP contribution >= 0.6 is 11.3 Å². The van der Waals surface area contributed by atoms with Crippen molar-refractivity contribution in [1.29, 1.82) is 0 Å². The van der Waals surface area contributed by atoms with Gasteiger partial charge < -0.3 is 10.3 Å². The van der Waals surface area contributed by atoms with Gasteiger partial charge in [-0.15, -0.1) is 11.3 Å². The maximum atomic E-state index is 15.1. The quantitative estimate of drug-likeness (QED) is 0.276. The summed E-state index contributed by atoms with van der Waals surface area (Å²) in [5, 5.41) is 11.2. The molecule has 5 aromatic heterocycles. The lowest BCUT2D eigenvalue weighted by Crippen LogP contribution is -2.11. The largest absolute Gasteiger partial charge is 0.335 e. The van der Waals surface area contributed by atoms with Crippen molar-refractivity contribution in [2.24, 2.45) is 0 Å². The number of pyridine rings is 2. The third kappa shape index (κ3) is 3.88. The summed E-state index contributed by atoms with van der Waals surface area (Å²) < 4.78 is 15.1. The van der Waals surface area contributed by atoms with Gasteiger partial charge in [0.1, 0.15) is 11.2 Å². The number of rotatable bonds is 6. The minimum atomic E-state index is -0.402. The van der Waals surface area contributed by atoms with Crippen molar-refractivity contribution in [3.63, 3.8) is 0 Å². The van der Waals surface area contributed by atoms with E-state index in [4.69, 9.17) is 4.98 Å². The van der Waals surface area contributed by atoms with Crippen molar-refractivity contribution in [3.8, 4) is 33.1 Å². The van der Waals surface area contributed by atoms with Crippen LogP contribution in [0, 0.1) is 12.7 Å². The topological polar surface area (TPSA) is 95.2 Å². The summed E-state index contributed by atoms with van der Waals surface area (Å²) in [5.74, 6) is 0.160. The minimum absolute atomic E-state index is 0.267. The molecule has 1 aromatic carbocycles. The average molecular weight is 484 g/mol. The van der Waals surface area contributed by atoms with E-state index in [0.717, 1.165) is 39.2 Å². The second kappa shape index (κ2) is 8.68. The van der Waals surface area contributed by atoms with Gasteiger partial charge in [-0.1, -0.05) is 6.92 Å². The van der Waals surface area contributed by atoms with Crippen LogP contribution in [0.2, 0.25) is 0 Å². The van der Waals surface area contributed by atoms with Crippen LogP contribution < -0.4 is 5.32 Å². The Balaban J connectivity index is 1.47. The van der Waals surface area contributed by atoms with Crippen molar-refractivity contribution >= 4 is 33.4 Å². The molecule has 174 valence electrons. The molecule has 0 atom stereocenters. The molecule has 9 heteroatoms. The molecule has 0 aliphatic rings. The lowest BCUT2D eigenvalue weighted by atomic mass is 10.0. The lowest BCUT2D eigenvalue weighted by molar-refractivity contribution is 0.636. The normalized spacial score (nSPS) is 11.6. The number of nitrogens with one attached hydrogen (secondary N) is 3. The highest BCUT2D eigenvalue weighted by molar-refractivity contribution is 7.15. The predicted molar refractivity (Wildman–Crippen MR) is 138 cm³/mol. The van der Waals surface area contributed by atoms with E-state index in [1.807, 2.05) is 24.4 Å². The van der Waals surface area contributed by atoms with Gasteiger partial charge in [0.15, 0.2) is 17.3 Å². The van der Waals surface area contributed by atoms with Crippen molar-refractivity contribution in [3.05, 3.63) is 71.2 Å². The molecule has 0 radical (unpaired) electrons. The molecule has 0 aliphatic carbocycles. The van der Waals surface area contributed by atoms with Gasteiger partial charge in [-0.3, -0.25) is 10.1 Å². The first-order chi connectivity index (χ1) is 17.1. The molecule has 0 bridgehead atoms. The van der Waals surface area contributed by atoms with Crippen LogP contribution in [0.3, 0.4) is 0 Å². The monoisotopic (exact) mass is 483 g/mol. The van der Waals surface area contributed by atoms with Gasteiger partial charge in [-0.2, -0.15) is 5.10 Å². The summed E-state index contributed by atoms with van der Waals surface area (Å²) in [6.07, 6.45) is 5.32. The third-order valence-electron chi connectivity index (χ3n) is 5.95. The number of H-pyrrole nitrogens is 2. The summed E-state index contributed by atoms with van der Waals surface area (Å²) in [6.45, 7) is 5.71. The van der Waals surface area contributed by atoms with Gasteiger partial charge in [0.05, 0.1) is 5.52 Å². The molecule has 7 nitrogen and oxygen atoms in total. The zero-order valence-corrected chi connectivity index (χ0v) is 20.0. The summed E-state index contributed by atoms with van der Waals surface area (Å²) in [6, 6.07) is 11.6. The fourth-order valence-electron chi connectivity index (χ4n) is 4.25. The first kappa shape index (κ1) is 21.6. The molecule has 0 spiro atoms. The molecular weight excluding hydrogens is 461 g/mol. The van der Waals surface area contributed by atoms with Crippen LogP contribution in [-0.2, 0) is 6.54 Å². The fourth-order valence-corrected chi connectivity index (χ4v) is 5.15. The van der Waals surface area contributed by atoms with Gasteiger partial charge in [0.25, 0.3) is 0 Å². The maximum absolute atomic E-state index is 15.1. The first-order valence-electron chi connectivity index (χ1n) is 11.3. The minimum Gasteiger partial charge on any atom is -0.335 e. The summed E-state index contributed by atoms with van der Waals surface area (Å²) >= 11 is 1.72. The molecule has 3 N–H and O–H groups in total. The van der Waals surface area contributed by atoms with Gasteiger partial charge in [-0.05, 0) is 61.0 Å². The molecule has 0 saturated carbocycles. The number of nitrogens with zero attached hydrogens (tertiary/aromatic N) is 4. The lowest BCUT2D eigenvalue weighted by Gasteiger charge is -2.06. The Hall–Kier alpha value is -3.95. The number of hydrogen-bond acceptors (Lipinski definition) is 6. The second-order valence-corrected chi connectivity index (χ2v) is 9.66. The van der Waals surface area contributed by atoms with Gasteiger partial charge in [0, 0.05) is 51.4 Å². The van der Waals surface area contributed by atoms with E-state index in [-0.39, 0.29) is 5.52 Å². The average Bonchev–Trinajstić information content (AvgIpc) is 3.60. The number of halogens is 1. The highest BCUT2D eigenvalue weighted by Gasteiger charge is 2.18. The predicted octanol–water partition coefficient (Wildman–Crippen LogP) is 5.85. The number of aryl methyl sites for hydroxylation is 1. The van der Waals surface area contributed by atoms with E-state index in [0.29, 0.717) is 29.1 Å². The summed E-state index contributed by atoms with van der Waals surface area (Å²) in [7, 11) is 0. The Kier molecular flexibility index (Phi) is 5.35. The highest BCUT2D eigenvalue weighted by atomic mass is 32.1. The first-order valence-corrected chi connectivity index (χ1v) is 12.2. The molecule has 35 heavy (non-hydrogen) atoms. The van der Waals surface area contributed by atoms with E-state index in [1.165, 1.54) is 10.9 Å². The third-order valence-corrected chi connectivity index (χ3v) is 6.99. The van der Waals surface area contributed by atoms with Crippen molar-refractivity contribution < 1.29 is 4.39 Å². The maximum Gasteiger partial charge on any atom is 0.178 e. The number of hydrogen-bond donors (Lipinski definition) is 3. The van der Waals surface area contributed by atoms with Crippen LogP contribution in [0.4, 0.5) is 4.39 Å². The number of fused-ring (bicyclic) bond motifs is 2. The van der Waals surface area contributed by atoms with Crippen LogP contribution in [0.5, 0.6) is 0 Å². The Labute approximate surface area is 204 Å². The number of thiophene rings is 1. The van der Waals surface area contributed by atoms with Crippen LogP contribution in [0.15, 0.2) is 55.0 Å². The van der Waals surface area contributed by atoms with Crippen LogP contribution in [0.25, 0.3) is 55.2 Å². The molecule has 6 aromatic rings. The Bertz CT molecular complexity index is 1680. The Morgan fingerprint density at radius 2 is 2.00 bits per heavy atom. The van der Waals surface area contributed by atoms with Crippen LogP contribution in [-0.4, -0.2) is 36.7 Å². The zero-order chi connectivity index (χ0) is 23.9. The molecule has 0 unspecified atom stereocenters. The standard InChI is InChI=1S/C26H22FN7S/c1-3-28-11-15-8-17(13-29-12-15)16-9-19-22(20(27)10-16)33-34-24(19)26-31-23-18(6-7-30-25(23)32-26)21-5-4-14(2)35-21/h4-10,12-13,28H,3,11H2,1-2H3,(H,33,34)(H,30,31,32). The molecule has 0 saturated heterocycles. The van der Waals surface area contributed by atoms with Gasteiger partial charge in [0.2, 0.25) is 0 Å². The highest BCUT2D eigenvalue weighted by Crippen LogP contribution is 2.35. The fraction of sp³-hybridized carbons (Fsp3) is 0.154. The van der Waals surface area contributed by atoms with E-state index in [9.17, 15) is 0 Å². The van der Waals surface area contributed by atoms with Gasteiger partial charge >= 0.3 is 0 Å². The zero-order valence-electron chi connectivity index (χ0n) is 19.2. The molecule has 0 amide bonds. The van der Waals surface area contributed by atoms with Crippen LogP contribution in [0.1, 0.15) is 17.4 Å². The van der Waals surface area contributed by atoms with Crippen molar-refractivity contribution in [2.45, 2.75) is 20.4 Å². The van der Waals surface area contributed by atoms with E-state index in [2.05, 4.69) is 56.4 Å². The molecule has 5 heterocycles. The summed E-state index contributed by atoms with van der Waals surface area (Å²) in [4.78, 5) is 19.3. The number of aromatic amines is 2. The smallest absolute Gasteiger partial charge is 0.178 e. The Morgan fingerprint density at radius 3 is 2.83 bits per heavy atom. The van der Waals surface area contributed by atoms with E-state index in [1.54, 1.807) is 23.7 Å². The molecule has 0 aliphatic heterocycles. The number of aromatic nitrogens is 6. The summed E-state index contributed by atoms with van der Waals surface area (Å²) in [5.41, 5.74) is 5.96. The van der Waals surface area contributed by atoms with E-state index >= 15 is 4.39 Å². The second-order valence-electron chi connectivity index (χ2n) is 8.37. The van der Waals surface area contributed by atoms with Gasteiger partial charge in [-0.25, -0.2) is 14.4 Å². The molecule has 6 rings (SSSR count). The number of imidazole rings is 1. The van der Waals surface area contributed by atoms with Crippen molar-refractivity contribution in [1.82, 2.24) is 35.5 Å². The molecular formula is C26H22FN7S. The Morgan fingerprint density at radius 1 is 1.09 bits per heavy atom. The molecule has 0 fully saturated rings. The van der Waals surface area contributed by atoms with Crippen molar-refractivity contribution in [2.75, 3.05) is 6.54 Å². The number of benzene rings is 1. The van der Waals surface area contributed by atoms with E-state index < -0.39 is 5.82 Å². The SMILES string of the molecule is CCNCc1cncc(-c2cc(F)c3n[nH]c(-c4nc5nccc(-c6ccc(C)s6)c5[nH]4)c3c2)c1.